The van der Waals surface area contributed by atoms with Crippen molar-refractivity contribution in [3.8, 4) is 5.95 Å². The molecule has 2 aromatic rings. The molecule has 2 heterocycles. The van der Waals surface area contributed by atoms with Crippen LogP contribution in [0.25, 0.3) is 5.95 Å². The van der Waals surface area contributed by atoms with Crippen LogP contribution < -0.4 is 16.6 Å². The Hall–Kier alpha value is -2.22. The van der Waals surface area contributed by atoms with Crippen LogP contribution in [-0.4, -0.2) is 30.8 Å². The van der Waals surface area contributed by atoms with Crippen molar-refractivity contribution in [2.24, 2.45) is 5.84 Å². The molecule has 114 valence electrons. The molecule has 1 unspecified atom stereocenters. The predicted molar refractivity (Wildman–Crippen MR) is 82.0 cm³/mol. The van der Waals surface area contributed by atoms with Crippen LogP contribution in [0.5, 0.6) is 0 Å². The summed E-state index contributed by atoms with van der Waals surface area (Å²) in [5, 5.41) is 7.39. The van der Waals surface area contributed by atoms with Gasteiger partial charge in [0, 0.05) is 18.4 Å². The van der Waals surface area contributed by atoms with Crippen molar-refractivity contribution in [2.45, 2.75) is 45.6 Å². The molecule has 0 amide bonds. The Balaban J connectivity index is 2.10. The second kappa shape index (κ2) is 7.53. The van der Waals surface area contributed by atoms with Crippen LogP contribution in [0.3, 0.4) is 0 Å². The van der Waals surface area contributed by atoms with E-state index in [2.05, 4.69) is 44.6 Å². The number of rotatable bonds is 8. The lowest BCUT2D eigenvalue weighted by Crippen LogP contribution is -2.20. The van der Waals surface area contributed by atoms with Crippen molar-refractivity contribution in [1.29, 1.82) is 0 Å². The van der Waals surface area contributed by atoms with Crippen LogP contribution in [0, 0.1) is 0 Å². The summed E-state index contributed by atoms with van der Waals surface area (Å²) in [6.07, 6.45) is 8.14. The van der Waals surface area contributed by atoms with Crippen molar-refractivity contribution in [3.63, 3.8) is 0 Å². The number of nitrogens with two attached hydrogens (primary N) is 1. The number of hydrogen-bond acceptors (Lipinski definition) is 7. The largest absolute Gasteiger partial charge is 0.352 e. The lowest BCUT2D eigenvalue weighted by molar-refractivity contribution is 0.611. The van der Waals surface area contributed by atoms with Crippen LogP contribution in [0.2, 0.25) is 0 Å². The average molecular weight is 290 g/mol. The maximum absolute atomic E-state index is 5.41. The fourth-order valence-electron chi connectivity index (χ4n) is 1.98. The molecule has 0 aromatic carbocycles. The summed E-state index contributed by atoms with van der Waals surface area (Å²) in [6, 6.07) is 2.09. The number of aromatic nitrogens is 5. The average Bonchev–Trinajstić information content (AvgIpc) is 3.01. The number of hydrogen-bond donors (Lipinski definition) is 3. The molecule has 0 bridgehead atoms. The number of nitrogens with one attached hydrogen (secondary N) is 2. The maximum Gasteiger partial charge on any atom is 0.257 e. The SMILES string of the molecule is CCCCCC(C)Nc1nc(NN)nc(-n2cccn2)n1. The van der Waals surface area contributed by atoms with Gasteiger partial charge in [-0.1, -0.05) is 26.2 Å². The summed E-state index contributed by atoms with van der Waals surface area (Å²) in [5.41, 5.74) is 2.45. The third-order valence-corrected chi connectivity index (χ3v) is 3.08. The van der Waals surface area contributed by atoms with E-state index in [1.54, 1.807) is 23.1 Å². The Morgan fingerprint density at radius 3 is 2.71 bits per heavy atom. The topological polar surface area (TPSA) is 107 Å². The van der Waals surface area contributed by atoms with Crippen LogP contribution in [-0.2, 0) is 0 Å². The molecule has 8 heteroatoms. The Morgan fingerprint density at radius 2 is 2.05 bits per heavy atom. The first-order valence-corrected chi connectivity index (χ1v) is 7.22. The summed E-state index contributed by atoms with van der Waals surface area (Å²) in [7, 11) is 0. The van der Waals surface area contributed by atoms with E-state index in [0.29, 0.717) is 17.8 Å². The van der Waals surface area contributed by atoms with Gasteiger partial charge in [-0.15, -0.1) is 0 Å². The fraction of sp³-hybridized carbons (Fsp3) is 0.538. The molecular formula is C13H22N8. The van der Waals surface area contributed by atoms with Gasteiger partial charge in [0.2, 0.25) is 11.9 Å². The lowest BCUT2D eigenvalue weighted by Gasteiger charge is -2.14. The van der Waals surface area contributed by atoms with E-state index in [0.717, 1.165) is 6.42 Å². The zero-order valence-corrected chi connectivity index (χ0v) is 12.5. The zero-order valence-electron chi connectivity index (χ0n) is 12.5. The first-order chi connectivity index (χ1) is 10.2. The van der Waals surface area contributed by atoms with Gasteiger partial charge in [-0.3, -0.25) is 5.43 Å². The molecule has 2 rings (SSSR count). The van der Waals surface area contributed by atoms with E-state index in [1.807, 2.05) is 0 Å². The highest BCUT2D eigenvalue weighted by molar-refractivity contribution is 5.37. The highest BCUT2D eigenvalue weighted by atomic mass is 15.4. The number of unbranched alkanes of at least 4 members (excludes halogenated alkanes) is 2. The van der Waals surface area contributed by atoms with Gasteiger partial charge in [0.1, 0.15) is 0 Å². The predicted octanol–water partition coefficient (Wildman–Crippen LogP) is 1.72. The zero-order chi connectivity index (χ0) is 15.1. The normalized spacial score (nSPS) is 12.1. The number of nitrogens with zero attached hydrogens (tertiary/aromatic N) is 5. The van der Waals surface area contributed by atoms with E-state index in [1.165, 1.54) is 19.3 Å². The standard InChI is InChI=1S/C13H22N8/c1-3-4-5-7-10(2)16-11-17-12(20-14)19-13(18-11)21-9-6-8-15-21/h6,8-10H,3-5,7,14H2,1-2H3,(H2,16,17,18,19,20). The minimum Gasteiger partial charge on any atom is -0.352 e. The Labute approximate surface area is 124 Å². The third-order valence-electron chi connectivity index (χ3n) is 3.08. The van der Waals surface area contributed by atoms with E-state index in [9.17, 15) is 0 Å². The molecule has 0 aliphatic heterocycles. The monoisotopic (exact) mass is 290 g/mol. The number of nitrogen functional groups attached to an aromatic ring is 1. The number of anilines is 2. The second-order valence-corrected chi connectivity index (χ2v) is 4.92. The molecule has 0 saturated heterocycles. The highest BCUT2D eigenvalue weighted by Gasteiger charge is 2.10. The van der Waals surface area contributed by atoms with E-state index in [-0.39, 0.29) is 6.04 Å². The molecule has 0 saturated carbocycles. The van der Waals surface area contributed by atoms with Crippen LogP contribution >= 0.6 is 0 Å². The summed E-state index contributed by atoms with van der Waals surface area (Å²) in [5.74, 6) is 6.63. The maximum atomic E-state index is 5.41. The summed E-state index contributed by atoms with van der Waals surface area (Å²) in [4.78, 5) is 12.8. The van der Waals surface area contributed by atoms with E-state index in [4.69, 9.17) is 5.84 Å². The van der Waals surface area contributed by atoms with Crippen molar-refractivity contribution in [2.75, 3.05) is 10.7 Å². The highest BCUT2D eigenvalue weighted by Crippen LogP contribution is 2.11. The summed E-state index contributed by atoms with van der Waals surface area (Å²) >= 11 is 0. The van der Waals surface area contributed by atoms with E-state index >= 15 is 0 Å². The van der Waals surface area contributed by atoms with E-state index < -0.39 is 0 Å². The summed E-state index contributed by atoms with van der Waals surface area (Å²) < 4.78 is 1.56. The molecule has 0 radical (unpaired) electrons. The smallest absolute Gasteiger partial charge is 0.257 e. The van der Waals surface area contributed by atoms with Gasteiger partial charge in [0.05, 0.1) is 0 Å². The van der Waals surface area contributed by atoms with Crippen molar-refractivity contribution in [1.82, 2.24) is 24.7 Å². The Morgan fingerprint density at radius 1 is 1.24 bits per heavy atom. The van der Waals surface area contributed by atoms with Gasteiger partial charge in [0.25, 0.3) is 5.95 Å². The molecular weight excluding hydrogens is 268 g/mol. The molecule has 8 nitrogen and oxygen atoms in total. The number of hydrazine groups is 1. The molecule has 0 fully saturated rings. The first-order valence-electron chi connectivity index (χ1n) is 7.22. The van der Waals surface area contributed by atoms with Gasteiger partial charge in [-0.2, -0.15) is 20.1 Å². The second-order valence-electron chi connectivity index (χ2n) is 4.92. The van der Waals surface area contributed by atoms with Gasteiger partial charge < -0.3 is 5.32 Å². The third kappa shape index (κ3) is 4.38. The van der Waals surface area contributed by atoms with Gasteiger partial charge in [-0.05, 0) is 19.4 Å². The van der Waals surface area contributed by atoms with Gasteiger partial charge >= 0.3 is 0 Å². The van der Waals surface area contributed by atoms with Gasteiger partial charge in [-0.25, -0.2) is 10.5 Å². The Kier molecular flexibility index (Phi) is 5.44. The van der Waals surface area contributed by atoms with Gasteiger partial charge in [0.15, 0.2) is 0 Å². The Bertz CT molecular complexity index is 539. The van der Waals surface area contributed by atoms with Crippen LogP contribution in [0.1, 0.15) is 39.5 Å². The first kappa shape index (κ1) is 15.2. The van der Waals surface area contributed by atoms with Crippen molar-refractivity contribution in [3.05, 3.63) is 18.5 Å². The lowest BCUT2D eigenvalue weighted by atomic mass is 10.1. The molecule has 1 atom stereocenters. The molecule has 2 aromatic heterocycles. The van der Waals surface area contributed by atoms with Crippen LogP contribution in [0.15, 0.2) is 18.5 Å². The van der Waals surface area contributed by atoms with Crippen LogP contribution in [0.4, 0.5) is 11.9 Å². The molecule has 0 spiro atoms. The minimum absolute atomic E-state index is 0.287. The molecule has 4 N–H and O–H groups in total. The van der Waals surface area contributed by atoms with Crippen molar-refractivity contribution < 1.29 is 0 Å². The summed E-state index contributed by atoms with van der Waals surface area (Å²) in [6.45, 7) is 4.31. The van der Waals surface area contributed by atoms with Crippen molar-refractivity contribution >= 4 is 11.9 Å². The fourth-order valence-corrected chi connectivity index (χ4v) is 1.98. The minimum atomic E-state index is 0.287. The molecule has 0 aliphatic carbocycles. The molecule has 0 aliphatic rings. The molecule has 21 heavy (non-hydrogen) atoms. The quantitative estimate of drug-likeness (QED) is 0.386.